The smallest absolute Gasteiger partial charge is 0.303 e. The Labute approximate surface area is 374 Å². The molecule has 64 heavy (non-hydrogen) atoms. The third kappa shape index (κ3) is 5.17. The summed E-state index contributed by atoms with van der Waals surface area (Å²) in [6.45, 7) is 19.6. The molecule has 6 heteroatoms. The molecule has 1 aliphatic carbocycles. The Balaban J connectivity index is 1.08. The number of pyridine rings is 1. The van der Waals surface area contributed by atoms with E-state index in [0.717, 1.165) is 74.7 Å². The van der Waals surface area contributed by atoms with Crippen molar-refractivity contribution in [2.45, 2.75) is 71.6 Å². The largest absolute Gasteiger partial charge is 0.455 e. The van der Waals surface area contributed by atoms with Crippen LogP contribution in [-0.4, -0.2) is 12.6 Å². The fourth-order valence-electron chi connectivity index (χ4n) is 11.8. The lowest BCUT2D eigenvalue weighted by Crippen LogP contribution is -2.53. The summed E-state index contributed by atoms with van der Waals surface area (Å²) in [5.41, 5.74) is 18.9. The van der Waals surface area contributed by atoms with Crippen LogP contribution in [0.4, 0.5) is 0 Å². The van der Waals surface area contributed by atoms with Gasteiger partial charge >= 0.3 is 5.82 Å². The predicted molar refractivity (Wildman–Crippen MR) is 265 cm³/mol. The van der Waals surface area contributed by atoms with Gasteiger partial charge in [0.2, 0.25) is 5.69 Å². The summed E-state index contributed by atoms with van der Waals surface area (Å²) in [7, 11) is -1.97. The van der Waals surface area contributed by atoms with Gasteiger partial charge in [-0.15, -0.1) is 0 Å². The van der Waals surface area contributed by atoms with Crippen LogP contribution in [0, 0.1) is 5.41 Å². The third-order valence-corrected chi connectivity index (χ3v) is 17.3. The van der Waals surface area contributed by atoms with Gasteiger partial charge in [-0.3, -0.25) is 0 Å². The molecule has 6 aromatic carbocycles. The number of benzene rings is 6. The average molecular weight is 850 g/mol. The molecular weight excluding hydrogens is 799 g/mol. The maximum absolute atomic E-state index is 7.01. The van der Waals surface area contributed by atoms with E-state index in [-0.39, 0.29) is 17.4 Å². The number of hydrogen-bond donors (Lipinski definition) is 0. The van der Waals surface area contributed by atoms with Gasteiger partial charge in [0.05, 0.1) is 19.9 Å². The molecular formula is C58H51N3O2Si+2. The zero-order chi connectivity index (χ0) is 43.4. The highest BCUT2D eigenvalue weighted by Gasteiger charge is 2.52. The SMILES string of the molecule is C=C1CC2C(CCc3ccc4c(oc5ccccc54)c3-c3n1c1ccccc1[n+]3C1=C(C)C1(C)C)c1ccccc1-c1cc(-c3cccc4c3oc3ccccc34)c([Si](C)(C)C)c[n+]12. The predicted octanol–water partition coefficient (Wildman–Crippen LogP) is 14.0. The van der Waals surface area contributed by atoms with E-state index in [4.69, 9.17) is 15.4 Å². The first kappa shape index (κ1) is 37.8. The van der Waals surface area contributed by atoms with Gasteiger partial charge in [0.15, 0.2) is 28.9 Å². The van der Waals surface area contributed by atoms with Crippen LogP contribution in [0.5, 0.6) is 0 Å². The van der Waals surface area contributed by atoms with Crippen LogP contribution in [0.25, 0.3) is 100 Å². The van der Waals surface area contributed by atoms with E-state index >= 15 is 0 Å². The number of hydrogen-bond acceptors (Lipinski definition) is 2. The molecule has 0 bridgehead atoms. The van der Waals surface area contributed by atoms with Crippen molar-refractivity contribution in [2.75, 3.05) is 0 Å². The Morgan fingerprint density at radius 2 is 1.34 bits per heavy atom. The molecule has 0 fully saturated rings. The highest BCUT2D eigenvalue weighted by molar-refractivity contribution is 6.89. The third-order valence-electron chi connectivity index (χ3n) is 15.3. The number of aryl methyl sites for hydroxylation is 1. The van der Waals surface area contributed by atoms with Gasteiger partial charge in [-0.2, -0.15) is 13.7 Å². The van der Waals surface area contributed by atoms with Crippen molar-refractivity contribution in [1.82, 2.24) is 4.57 Å². The Morgan fingerprint density at radius 3 is 2.09 bits per heavy atom. The Bertz CT molecular complexity index is 3720. The minimum Gasteiger partial charge on any atom is -0.455 e. The summed E-state index contributed by atoms with van der Waals surface area (Å²) in [5, 5.41) is 6.06. The molecule has 312 valence electrons. The van der Waals surface area contributed by atoms with Crippen LogP contribution in [0.2, 0.25) is 19.6 Å². The molecule has 0 N–H and O–H groups in total. The monoisotopic (exact) mass is 849 g/mol. The van der Waals surface area contributed by atoms with Crippen molar-refractivity contribution in [2.24, 2.45) is 5.41 Å². The van der Waals surface area contributed by atoms with Crippen LogP contribution < -0.4 is 14.3 Å². The zero-order valence-electron chi connectivity index (χ0n) is 37.4. The van der Waals surface area contributed by atoms with Gasteiger partial charge in [0.1, 0.15) is 33.7 Å². The topological polar surface area (TPSA) is 39.0 Å². The first-order chi connectivity index (χ1) is 31.0. The van der Waals surface area contributed by atoms with E-state index in [1.54, 1.807) is 0 Å². The van der Waals surface area contributed by atoms with Gasteiger partial charge in [-0.25, -0.2) is 0 Å². The van der Waals surface area contributed by atoms with Gasteiger partial charge < -0.3 is 8.83 Å². The molecule has 0 saturated heterocycles. The lowest BCUT2D eigenvalue weighted by atomic mass is 9.77. The Morgan fingerprint density at radius 1 is 0.703 bits per heavy atom. The van der Waals surface area contributed by atoms with Crippen molar-refractivity contribution in [3.63, 3.8) is 0 Å². The number of para-hydroxylation sites is 5. The summed E-state index contributed by atoms with van der Waals surface area (Å²) < 4.78 is 21.5. The highest BCUT2D eigenvalue weighted by Crippen LogP contribution is 2.54. The normalized spacial score (nSPS) is 18.1. The van der Waals surface area contributed by atoms with Crippen molar-refractivity contribution < 1.29 is 18.0 Å². The van der Waals surface area contributed by atoms with Crippen molar-refractivity contribution >= 4 is 79.6 Å². The fraction of sp³-hybridized carbons (Fsp3) is 0.207. The van der Waals surface area contributed by atoms with Crippen LogP contribution in [-0.2, 0) is 6.42 Å². The van der Waals surface area contributed by atoms with Crippen molar-refractivity contribution in [3.8, 4) is 33.8 Å². The maximum atomic E-state index is 7.01. The zero-order valence-corrected chi connectivity index (χ0v) is 38.4. The van der Waals surface area contributed by atoms with Gasteiger partial charge in [-0.1, -0.05) is 123 Å². The van der Waals surface area contributed by atoms with E-state index < -0.39 is 8.07 Å². The number of rotatable bonds is 3. The minimum absolute atomic E-state index is 0.0284. The Hall–Kier alpha value is -6.76. The first-order valence-electron chi connectivity index (χ1n) is 23.0. The van der Waals surface area contributed by atoms with Crippen LogP contribution in [0.15, 0.2) is 161 Å². The van der Waals surface area contributed by atoms with Gasteiger partial charge in [-0.05, 0) is 86.2 Å². The molecule has 0 spiro atoms. The molecule has 0 saturated carbocycles. The van der Waals surface area contributed by atoms with Crippen LogP contribution in [0.1, 0.15) is 56.7 Å². The molecule has 2 aliphatic heterocycles. The summed E-state index contributed by atoms with van der Waals surface area (Å²) in [6.07, 6.45) is 5.22. The van der Waals surface area contributed by atoms with E-state index in [2.05, 4.69) is 194 Å². The molecule has 13 rings (SSSR count). The Kier molecular flexibility index (Phi) is 7.76. The quantitative estimate of drug-likeness (QED) is 0.131. The van der Waals surface area contributed by atoms with Crippen molar-refractivity contribution in [1.29, 1.82) is 0 Å². The number of furan rings is 2. The first-order valence-corrected chi connectivity index (χ1v) is 26.5. The van der Waals surface area contributed by atoms with E-state index in [0.29, 0.717) is 0 Å². The fourth-order valence-corrected chi connectivity index (χ4v) is 13.4. The maximum Gasteiger partial charge on any atom is 0.303 e. The minimum atomic E-state index is -1.97. The highest BCUT2D eigenvalue weighted by atomic mass is 28.3. The van der Waals surface area contributed by atoms with Crippen LogP contribution >= 0.6 is 0 Å². The molecule has 0 radical (unpaired) electrons. The standard InChI is InChI=1S/C58H51N3O2Si/c1-34-31-48-39(37-17-8-9-18-38(37)49-32-45(52(33-59(48)49)64(5,6)7)43-22-16-21-42-40-19-10-14-25-50(40)62-54(42)43)29-27-36-28-30-44-41-20-11-15-26-51(41)63-55(44)53(36)57-60(34)46-23-12-13-24-47(46)61(57)56-35(2)58(56,3)4/h8-26,28,30,32-33,39,48H,1,27,29,31H2,2-7H3/q+2. The molecule has 3 aliphatic rings. The molecule has 4 aromatic heterocycles. The average Bonchev–Trinajstić information content (AvgIpc) is 3.72. The lowest BCUT2D eigenvalue weighted by molar-refractivity contribution is -0.716. The lowest BCUT2D eigenvalue weighted by Gasteiger charge is -2.33. The second-order valence-electron chi connectivity index (χ2n) is 20.2. The van der Waals surface area contributed by atoms with E-state index in [1.165, 1.54) is 66.6 Å². The summed E-state index contributed by atoms with van der Waals surface area (Å²) in [4.78, 5) is 0. The number of allylic oxidation sites excluding steroid dienone is 3. The second-order valence-corrected chi connectivity index (χ2v) is 25.2. The number of fused-ring (bicyclic) bond motifs is 18. The van der Waals surface area contributed by atoms with E-state index in [1.807, 2.05) is 0 Å². The molecule has 6 heterocycles. The van der Waals surface area contributed by atoms with Crippen LogP contribution in [0.3, 0.4) is 0 Å². The molecule has 2 unspecified atom stereocenters. The number of nitrogens with zero attached hydrogens (tertiary/aromatic N) is 3. The molecule has 0 amide bonds. The summed E-state index contributed by atoms with van der Waals surface area (Å²) in [6, 6.07) is 49.1. The number of aromatic nitrogens is 3. The molecule has 2 atom stereocenters. The molecule has 5 nitrogen and oxygen atoms in total. The summed E-state index contributed by atoms with van der Waals surface area (Å²) in [5.74, 6) is 1.38. The molecule has 10 aromatic rings. The van der Waals surface area contributed by atoms with Gasteiger partial charge in [0, 0.05) is 49.8 Å². The van der Waals surface area contributed by atoms with E-state index in [9.17, 15) is 0 Å². The van der Waals surface area contributed by atoms with Crippen molar-refractivity contribution in [3.05, 3.63) is 163 Å². The van der Waals surface area contributed by atoms with Gasteiger partial charge in [0.25, 0.3) is 0 Å². The number of imidazole rings is 1. The summed E-state index contributed by atoms with van der Waals surface area (Å²) >= 11 is 0. The second kappa shape index (κ2) is 13.1.